The van der Waals surface area contributed by atoms with Gasteiger partial charge in [0.15, 0.2) is 11.5 Å². The Kier molecular flexibility index (Phi) is 5.08. The van der Waals surface area contributed by atoms with E-state index in [-0.39, 0.29) is 0 Å². The number of hydrogen-bond donors (Lipinski definition) is 1. The fraction of sp³-hybridized carbons (Fsp3) is 0.625. The summed E-state index contributed by atoms with van der Waals surface area (Å²) in [7, 11) is 0. The number of hydrogen-bond acceptors (Lipinski definition) is 3. The van der Waals surface area contributed by atoms with Gasteiger partial charge in [0, 0.05) is 6.04 Å². The van der Waals surface area contributed by atoms with Crippen LogP contribution in [-0.2, 0) is 0 Å². The fourth-order valence-corrected chi connectivity index (χ4v) is 2.42. The second-order valence-electron chi connectivity index (χ2n) is 5.43. The van der Waals surface area contributed by atoms with Crippen LogP contribution >= 0.6 is 0 Å². The van der Waals surface area contributed by atoms with Crippen LogP contribution in [0, 0.1) is 5.92 Å². The summed E-state index contributed by atoms with van der Waals surface area (Å²) in [4.78, 5) is 0. The standard InChI is InChI=1S/C16H25NO2/c1-4-5-12(2)11-17-13(3)14-6-7-15-16(10-14)19-9-8-18-15/h6-7,10,12-13,17H,4-5,8-9,11H2,1-3H3. The normalized spacial score (nSPS) is 17.0. The van der Waals surface area contributed by atoms with Gasteiger partial charge in [0.1, 0.15) is 13.2 Å². The molecule has 2 atom stereocenters. The molecule has 1 aromatic rings. The molecule has 0 aliphatic carbocycles. The molecule has 0 saturated heterocycles. The largest absolute Gasteiger partial charge is 0.486 e. The van der Waals surface area contributed by atoms with E-state index in [2.05, 4.69) is 38.2 Å². The molecule has 1 N–H and O–H groups in total. The van der Waals surface area contributed by atoms with Crippen molar-refractivity contribution in [2.45, 2.75) is 39.7 Å². The van der Waals surface area contributed by atoms with E-state index < -0.39 is 0 Å². The lowest BCUT2D eigenvalue weighted by Gasteiger charge is -2.22. The van der Waals surface area contributed by atoms with Crippen LogP contribution in [0.3, 0.4) is 0 Å². The third-order valence-corrected chi connectivity index (χ3v) is 3.62. The molecular formula is C16H25NO2. The molecule has 0 radical (unpaired) electrons. The summed E-state index contributed by atoms with van der Waals surface area (Å²) >= 11 is 0. The third-order valence-electron chi connectivity index (χ3n) is 3.62. The minimum absolute atomic E-state index is 0.343. The maximum absolute atomic E-state index is 5.63. The molecule has 2 unspecified atom stereocenters. The van der Waals surface area contributed by atoms with Gasteiger partial charge in [-0.15, -0.1) is 0 Å². The van der Waals surface area contributed by atoms with E-state index in [1.165, 1.54) is 18.4 Å². The summed E-state index contributed by atoms with van der Waals surface area (Å²) in [6, 6.07) is 6.57. The first kappa shape index (κ1) is 14.2. The van der Waals surface area contributed by atoms with Gasteiger partial charge in [-0.2, -0.15) is 0 Å². The van der Waals surface area contributed by atoms with Gasteiger partial charge in [0.25, 0.3) is 0 Å². The number of nitrogens with one attached hydrogen (secondary N) is 1. The van der Waals surface area contributed by atoms with Crippen molar-refractivity contribution in [2.75, 3.05) is 19.8 Å². The Balaban J connectivity index is 1.93. The Labute approximate surface area is 116 Å². The molecule has 19 heavy (non-hydrogen) atoms. The molecule has 106 valence electrons. The summed E-state index contributed by atoms with van der Waals surface area (Å²) < 4.78 is 11.2. The molecule has 0 bridgehead atoms. The number of fused-ring (bicyclic) bond motifs is 1. The highest BCUT2D eigenvalue weighted by Crippen LogP contribution is 2.32. The molecule has 1 aliphatic rings. The lowest BCUT2D eigenvalue weighted by molar-refractivity contribution is 0.171. The zero-order valence-electron chi connectivity index (χ0n) is 12.2. The van der Waals surface area contributed by atoms with E-state index in [1.54, 1.807) is 0 Å². The van der Waals surface area contributed by atoms with Crippen LogP contribution in [0.15, 0.2) is 18.2 Å². The average molecular weight is 263 g/mol. The summed E-state index contributed by atoms with van der Waals surface area (Å²) in [5.41, 5.74) is 1.26. The van der Waals surface area contributed by atoms with Crippen LogP contribution in [0.5, 0.6) is 11.5 Å². The van der Waals surface area contributed by atoms with E-state index in [4.69, 9.17) is 9.47 Å². The molecule has 0 aromatic heterocycles. The van der Waals surface area contributed by atoms with Gasteiger partial charge in [0.05, 0.1) is 0 Å². The van der Waals surface area contributed by atoms with Crippen LogP contribution in [0.1, 0.15) is 45.2 Å². The van der Waals surface area contributed by atoms with Gasteiger partial charge in [-0.25, -0.2) is 0 Å². The van der Waals surface area contributed by atoms with Crippen molar-refractivity contribution in [3.63, 3.8) is 0 Å². The molecule has 0 saturated carbocycles. The predicted molar refractivity (Wildman–Crippen MR) is 77.9 cm³/mol. The Morgan fingerprint density at radius 2 is 1.89 bits per heavy atom. The van der Waals surface area contributed by atoms with Crippen LogP contribution in [0.25, 0.3) is 0 Å². The SMILES string of the molecule is CCCC(C)CNC(C)c1ccc2c(c1)OCCO2. The Hall–Kier alpha value is -1.22. The topological polar surface area (TPSA) is 30.5 Å². The number of rotatable bonds is 6. The first-order valence-electron chi connectivity index (χ1n) is 7.33. The Bertz CT molecular complexity index is 406. The molecule has 1 aliphatic heterocycles. The smallest absolute Gasteiger partial charge is 0.161 e. The molecule has 0 spiro atoms. The first-order valence-corrected chi connectivity index (χ1v) is 7.33. The Morgan fingerprint density at radius 3 is 2.63 bits per heavy atom. The molecule has 3 nitrogen and oxygen atoms in total. The predicted octanol–water partition coefficient (Wildman–Crippen LogP) is 3.54. The van der Waals surface area contributed by atoms with E-state index in [0.29, 0.717) is 19.3 Å². The second kappa shape index (κ2) is 6.80. The minimum Gasteiger partial charge on any atom is -0.486 e. The average Bonchev–Trinajstić information content (AvgIpc) is 2.44. The zero-order valence-corrected chi connectivity index (χ0v) is 12.2. The van der Waals surface area contributed by atoms with Crippen molar-refractivity contribution in [1.82, 2.24) is 5.32 Å². The van der Waals surface area contributed by atoms with Gasteiger partial charge in [-0.1, -0.05) is 26.3 Å². The fourth-order valence-electron chi connectivity index (χ4n) is 2.42. The molecule has 0 fully saturated rings. The highest BCUT2D eigenvalue weighted by atomic mass is 16.6. The number of benzene rings is 1. The van der Waals surface area contributed by atoms with E-state index in [9.17, 15) is 0 Å². The van der Waals surface area contributed by atoms with Gasteiger partial charge in [-0.3, -0.25) is 0 Å². The van der Waals surface area contributed by atoms with Crippen molar-refractivity contribution >= 4 is 0 Å². The van der Waals surface area contributed by atoms with Crippen molar-refractivity contribution in [2.24, 2.45) is 5.92 Å². The molecular weight excluding hydrogens is 238 g/mol. The lowest BCUT2D eigenvalue weighted by atomic mass is 10.0. The summed E-state index contributed by atoms with van der Waals surface area (Å²) in [5, 5.41) is 3.59. The molecule has 0 amide bonds. The third kappa shape index (κ3) is 3.87. The Morgan fingerprint density at radius 1 is 1.16 bits per heavy atom. The van der Waals surface area contributed by atoms with Crippen molar-refractivity contribution in [3.05, 3.63) is 23.8 Å². The molecule has 2 rings (SSSR count). The summed E-state index contributed by atoms with van der Waals surface area (Å²) in [5.74, 6) is 2.46. The zero-order chi connectivity index (χ0) is 13.7. The van der Waals surface area contributed by atoms with Crippen LogP contribution < -0.4 is 14.8 Å². The molecule has 1 aromatic carbocycles. The number of ether oxygens (including phenoxy) is 2. The van der Waals surface area contributed by atoms with Crippen molar-refractivity contribution in [1.29, 1.82) is 0 Å². The monoisotopic (exact) mass is 263 g/mol. The van der Waals surface area contributed by atoms with Crippen LogP contribution in [0.4, 0.5) is 0 Å². The maximum atomic E-state index is 5.63. The van der Waals surface area contributed by atoms with Crippen molar-refractivity contribution < 1.29 is 9.47 Å². The highest BCUT2D eigenvalue weighted by molar-refractivity contribution is 5.44. The van der Waals surface area contributed by atoms with Crippen LogP contribution in [0.2, 0.25) is 0 Å². The van der Waals surface area contributed by atoms with E-state index >= 15 is 0 Å². The van der Waals surface area contributed by atoms with Crippen molar-refractivity contribution in [3.8, 4) is 11.5 Å². The van der Waals surface area contributed by atoms with Gasteiger partial charge in [0.2, 0.25) is 0 Å². The second-order valence-corrected chi connectivity index (χ2v) is 5.43. The van der Waals surface area contributed by atoms with Gasteiger partial charge >= 0.3 is 0 Å². The highest BCUT2D eigenvalue weighted by Gasteiger charge is 2.14. The van der Waals surface area contributed by atoms with E-state index in [1.807, 2.05) is 6.07 Å². The maximum Gasteiger partial charge on any atom is 0.161 e. The quantitative estimate of drug-likeness (QED) is 0.851. The van der Waals surface area contributed by atoms with Crippen LogP contribution in [-0.4, -0.2) is 19.8 Å². The van der Waals surface area contributed by atoms with Gasteiger partial charge in [-0.05, 0) is 43.5 Å². The minimum atomic E-state index is 0.343. The van der Waals surface area contributed by atoms with Gasteiger partial charge < -0.3 is 14.8 Å². The molecule has 3 heteroatoms. The first-order chi connectivity index (χ1) is 9.20. The lowest BCUT2D eigenvalue weighted by Crippen LogP contribution is -2.24. The van der Waals surface area contributed by atoms with E-state index in [0.717, 1.165) is 24.0 Å². The molecule has 1 heterocycles. The summed E-state index contributed by atoms with van der Waals surface area (Å²) in [6.45, 7) is 9.09. The summed E-state index contributed by atoms with van der Waals surface area (Å²) in [6.07, 6.45) is 2.53.